The van der Waals surface area contributed by atoms with E-state index in [4.69, 9.17) is 8.94 Å². The number of nitrogens with zero attached hydrogens (tertiary/aromatic N) is 4. The molecule has 1 N–H and O–H groups in total. The molecule has 3 aromatic heterocycles. The standard InChI is InChI=1S/C13H15N5O2/c1-10(9-18-6-3-5-15-18)14-8-12-16-13(17-20-12)11-4-2-7-19-11/h2-7,10,14H,8-9H2,1H3/t10-/m0/s1. The van der Waals surface area contributed by atoms with Crippen LogP contribution >= 0.6 is 0 Å². The van der Waals surface area contributed by atoms with Crippen LogP contribution in [0.15, 0.2) is 45.8 Å². The predicted octanol–water partition coefficient (Wildman–Crippen LogP) is 1.70. The highest BCUT2D eigenvalue weighted by molar-refractivity contribution is 5.44. The maximum absolute atomic E-state index is 5.21. The van der Waals surface area contributed by atoms with Gasteiger partial charge in [0.1, 0.15) is 0 Å². The highest BCUT2D eigenvalue weighted by Crippen LogP contribution is 2.15. The van der Waals surface area contributed by atoms with Gasteiger partial charge in [0.2, 0.25) is 11.7 Å². The van der Waals surface area contributed by atoms with Gasteiger partial charge in [-0.2, -0.15) is 10.1 Å². The summed E-state index contributed by atoms with van der Waals surface area (Å²) in [7, 11) is 0. The van der Waals surface area contributed by atoms with Gasteiger partial charge in [0.15, 0.2) is 5.76 Å². The SMILES string of the molecule is C[C@@H](Cn1cccn1)NCc1nc(-c2ccco2)no1. The Balaban J connectivity index is 1.53. The van der Waals surface area contributed by atoms with Gasteiger partial charge in [-0.15, -0.1) is 0 Å². The van der Waals surface area contributed by atoms with Crippen LogP contribution in [0.25, 0.3) is 11.6 Å². The molecule has 3 heterocycles. The molecule has 0 unspecified atom stereocenters. The maximum Gasteiger partial charge on any atom is 0.241 e. The Hall–Kier alpha value is -2.41. The van der Waals surface area contributed by atoms with Gasteiger partial charge in [0.05, 0.1) is 19.4 Å². The average Bonchev–Trinajstić information content (AvgIpc) is 3.18. The summed E-state index contributed by atoms with van der Waals surface area (Å²) in [6.45, 7) is 3.37. The van der Waals surface area contributed by atoms with Gasteiger partial charge in [-0.05, 0) is 25.1 Å². The van der Waals surface area contributed by atoms with Crippen molar-refractivity contribution in [1.82, 2.24) is 25.2 Å². The van der Waals surface area contributed by atoms with E-state index in [0.29, 0.717) is 24.0 Å². The average molecular weight is 273 g/mol. The first kappa shape index (κ1) is 12.6. The van der Waals surface area contributed by atoms with Crippen molar-refractivity contribution in [3.8, 4) is 11.6 Å². The van der Waals surface area contributed by atoms with Gasteiger partial charge in [0.25, 0.3) is 0 Å². The van der Waals surface area contributed by atoms with Crippen LogP contribution in [-0.4, -0.2) is 26.0 Å². The number of furan rings is 1. The smallest absolute Gasteiger partial charge is 0.241 e. The first-order valence-corrected chi connectivity index (χ1v) is 6.38. The second-order valence-corrected chi connectivity index (χ2v) is 4.50. The Morgan fingerprint density at radius 1 is 1.40 bits per heavy atom. The van der Waals surface area contributed by atoms with Crippen LogP contribution in [0.4, 0.5) is 0 Å². The van der Waals surface area contributed by atoms with Crippen LogP contribution in [0.1, 0.15) is 12.8 Å². The largest absolute Gasteiger partial charge is 0.461 e. The summed E-state index contributed by atoms with van der Waals surface area (Å²) in [6, 6.07) is 5.73. The zero-order chi connectivity index (χ0) is 13.8. The lowest BCUT2D eigenvalue weighted by molar-refractivity contribution is 0.350. The normalized spacial score (nSPS) is 12.7. The third-order valence-corrected chi connectivity index (χ3v) is 2.83. The van der Waals surface area contributed by atoms with Crippen molar-refractivity contribution in [3.63, 3.8) is 0 Å². The van der Waals surface area contributed by atoms with Crippen LogP contribution < -0.4 is 5.32 Å². The molecule has 0 aliphatic heterocycles. The fourth-order valence-corrected chi connectivity index (χ4v) is 1.85. The van der Waals surface area contributed by atoms with Crippen LogP contribution in [0, 0.1) is 0 Å². The van der Waals surface area contributed by atoms with E-state index in [1.807, 2.05) is 16.9 Å². The van der Waals surface area contributed by atoms with E-state index >= 15 is 0 Å². The molecule has 3 aromatic rings. The maximum atomic E-state index is 5.21. The molecule has 0 aromatic carbocycles. The molecule has 3 rings (SSSR count). The molecule has 0 fully saturated rings. The zero-order valence-electron chi connectivity index (χ0n) is 11.1. The highest BCUT2D eigenvalue weighted by atomic mass is 16.5. The summed E-state index contributed by atoms with van der Waals surface area (Å²) in [5.41, 5.74) is 0. The van der Waals surface area contributed by atoms with Crippen molar-refractivity contribution in [1.29, 1.82) is 0 Å². The van der Waals surface area contributed by atoms with E-state index in [0.717, 1.165) is 6.54 Å². The van der Waals surface area contributed by atoms with E-state index in [9.17, 15) is 0 Å². The van der Waals surface area contributed by atoms with Crippen molar-refractivity contribution in [2.75, 3.05) is 0 Å². The summed E-state index contributed by atoms with van der Waals surface area (Å²) < 4.78 is 12.3. The topological polar surface area (TPSA) is 81.9 Å². The molecule has 0 bridgehead atoms. The minimum absolute atomic E-state index is 0.244. The number of hydrogen-bond donors (Lipinski definition) is 1. The Morgan fingerprint density at radius 3 is 3.10 bits per heavy atom. The number of hydrogen-bond acceptors (Lipinski definition) is 6. The van der Waals surface area contributed by atoms with Crippen molar-refractivity contribution >= 4 is 0 Å². The first-order chi connectivity index (χ1) is 9.81. The Bertz CT molecular complexity index is 630. The molecule has 1 atom stereocenters. The molecule has 0 radical (unpaired) electrons. The Kier molecular flexibility index (Phi) is 3.60. The lowest BCUT2D eigenvalue weighted by Crippen LogP contribution is -2.30. The number of nitrogens with one attached hydrogen (secondary N) is 1. The lowest BCUT2D eigenvalue weighted by atomic mass is 10.3. The molecule has 7 heteroatoms. The third kappa shape index (κ3) is 2.94. The molecule has 7 nitrogen and oxygen atoms in total. The quantitative estimate of drug-likeness (QED) is 0.736. The minimum atomic E-state index is 0.244. The van der Waals surface area contributed by atoms with E-state index in [-0.39, 0.29) is 6.04 Å². The lowest BCUT2D eigenvalue weighted by Gasteiger charge is -2.11. The molecule has 0 saturated carbocycles. The summed E-state index contributed by atoms with van der Waals surface area (Å²) >= 11 is 0. The van der Waals surface area contributed by atoms with Crippen molar-refractivity contribution in [3.05, 3.63) is 42.7 Å². The molecule has 0 aliphatic carbocycles. The second-order valence-electron chi connectivity index (χ2n) is 4.50. The van der Waals surface area contributed by atoms with Crippen molar-refractivity contribution in [2.24, 2.45) is 0 Å². The van der Waals surface area contributed by atoms with Gasteiger partial charge in [-0.3, -0.25) is 4.68 Å². The van der Waals surface area contributed by atoms with E-state index in [1.165, 1.54) is 0 Å². The van der Waals surface area contributed by atoms with Gasteiger partial charge in [-0.25, -0.2) is 0 Å². The molecule has 20 heavy (non-hydrogen) atoms. The summed E-state index contributed by atoms with van der Waals surface area (Å²) in [4.78, 5) is 4.27. The predicted molar refractivity (Wildman–Crippen MR) is 70.5 cm³/mol. The third-order valence-electron chi connectivity index (χ3n) is 2.83. The van der Waals surface area contributed by atoms with E-state index in [1.54, 1.807) is 24.6 Å². The van der Waals surface area contributed by atoms with Gasteiger partial charge < -0.3 is 14.3 Å². The summed E-state index contributed by atoms with van der Waals surface area (Å²) in [5.74, 6) is 1.60. The Labute approximate surface area is 115 Å². The van der Waals surface area contributed by atoms with Crippen molar-refractivity contribution < 1.29 is 8.94 Å². The molecule has 0 saturated heterocycles. The zero-order valence-corrected chi connectivity index (χ0v) is 11.1. The molecular formula is C13H15N5O2. The first-order valence-electron chi connectivity index (χ1n) is 6.38. The van der Waals surface area contributed by atoms with Crippen LogP contribution in [0.2, 0.25) is 0 Å². The van der Waals surface area contributed by atoms with Crippen LogP contribution in [0.5, 0.6) is 0 Å². The molecule has 0 aliphatic rings. The van der Waals surface area contributed by atoms with Crippen LogP contribution in [0.3, 0.4) is 0 Å². The van der Waals surface area contributed by atoms with E-state index in [2.05, 4.69) is 27.5 Å². The van der Waals surface area contributed by atoms with E-state index < -0.39 is 0 Å². The molecule has 0 amide bonds. The number of aromatic nitrogens is 4. The molecule has 104 valence electrons. The fourth-order valence-electron chi connectivity index (χ4n) is 1.85. The van der Waals surface area contributed by atoms with Gasteiger partial charge >= 0.3 is 0 Å². The molecular weight excluding hydrogens is 258 g/mol. The minimum Gasteiger partial charge on any atom is -0.461 e. The van der Waals surface area contributed by atoms with Crippen molar-refractivity contribution in [2.45, 2.75) is 26.1 Å². The highest BCUT2D eigenvalue weighted by Gasteiger charge is 2.11. The number of rotatable bonds is 6. The summed E-state index contributed by atoms with van der Waals surface area (Å²) in [6.07, 6.45) is 5.27. The molecule has 0 spiro atoms. The second kappa shape index (κ2) is 5.70. The van der Waals surface area contributed by atoms with Gasteiger partial charge in [0, 0.05) is 18.4 Å². The Morgan fingerprint density at radius 2 is 2.35 bits per heavy atom. The fraction of sp³-hybridized carbons (Fsp3) is 0.308. The summed E-state index contributed by atoms with van der Waals surface area (Å²) in [5, 5.41) is 11.3. The van der Waals surface area contributed by atoms with Crippen LogP contribution in [-0.2, 0) is 13.1 Å². The van der Waals surface area contributed by atoms with Gasteiger partial charge in [-0.1, -0.05) is 5.16 Å². The monoisotopic (exact) mass is 273 g/mol.